The van der Waals surface area contributed by atoms with Gasteiger partial charge in [0.1, 0.15) is 0 Å². The average molecular weight is 278 g/mol. The number of nitrogens with zero attached hydrogens (tertiary/aromatic N) is 4. The zero-order valence-electron chi connectivity index (χ0n) is 12.1. The van der Waals surface area contributed by atoms with Crippen LogP contribution in [0.1, 0.15) is 29.8 Å². The van der Waals surface area contributed by atoms with E-state index in [-0.39, 0.29) is 0 Å². The second kappa shape index (κ2) is 6.31. The zero-order chi connectivity index (χ0) is 14.5. The van der Waals surface area contributed by atoms with Crippen molar-refractivity contribution in [2.24, 2.45) is 0 Å². The Labute approximate surface area is 124 Å². The lowest BCUT2D eigenvalue weighted by atomic mass is 9.97. The van der Waals surface area contributed by atoms with Gasteiger partial charge < -0.3 is 0 Å². The summed E-state index contributed by atoms with van der Waals surface area (Å²) in [4.78, 5) is 4.30. The minimum Gasteiger partial charge on any atom is -0.259 e. The molecule has 0 fully saturated rings. The van der Waals surface area contributed by atoms with Crippen LogP contribution in [0.4, 0.5) is 0 Å². The fourth-order valence-electron chi connectivity index (χ4n) is 2.38. The Morgan fingerprint density at radius 1 is 1.00 bits per heavy atom. The minimum absolute atomic E-state index is 0.436. The highest BCUT2D eigenvalue weighted by atomic mass is 15.4. The molecule has 2 heterocycles. The van der Waals surface area contributed by atoms with E-state index in [2.05, 4.69) is 46.5 Å². The molecule has 0 aliphatic carbocycles. The van der Waals surface area contributed by atoms with Gasteiger partial charge in [-0.2, -0.15) is 0 Å². The zero-order valence-corrected chi connectivity index (χ0v) is 12.1. The second-order valence-electron chi connectivity index (χ2n) is 5.24. The Bertz CT molecular complexity index is 676. The number of hydrogen-bond donors (Lipinski definition) is 0. The van der Waals surface area contributed by atoms with Crippen LogP contribution in [0.2, 0.25) is 0 Å². The maximum absolute atomic E-state index is 4.30. The van der Waals surface area contributed by atoms with Crippen molar-refractivity contribution in [3.63, 3.8) is 0 Å². The van der Waals surface area contributed by atoms with Crippen LogP contribution >= 0.6 is 0 Å². The van der Waals surface area contributed by atoms with E-state index in [0.717, 1.165) is 17.8 Å². The minimum atomic E-state index is 0.436. The van der Waals surface area contributed by atoms with E-state index in [1.54, 1.807) is 6.20 Å². The van der Waals surface area contributed by atoms with E-state index in [9.17, 15) is 0 Å². The summed E-state index contributed by atoms with van der Waals surface area (Å²) >= 11 is 0. The molecular weight excluding hydrogens is 260 g/mol. The SMILES string of the molecule is C[C@@H](Cc1cn(Cc2ccccn2)nn1)c1ccccc1. The molecule has 4 heteroatoms. The first-order valence-electron chi connectivity index (χ1n) is 7.15. The molecule has 106 valence electrons. The normalized spacial score (nSPS) is 12.2. The van der Waals surface area contributed by atoms with E-state index >= 15 is 0 Å². The third-order valence-electron chi connectivity index (χ3n) is 3.52. The van der Waals surface area contributed by atoms with Gasteiger partial charge in [0.15, 0.2) is 0 Å². The first kappa shape index (κ1) is 13.5. The second-order valence-corrected chi connectivity index (χ2v) is 5.24. The molecule has 0 saturated heterocycles. The Kier molecular flexibility index (Phi) is 4.05. The highest BCUT2D eigenvalue weighted by molar-refractivity contribution is 5.20. The molecule has 1 atom stereocenters. The number of aromatic nitrogens is 4. The Morgan fingerprint density at radius 3 is 2.57 bits per heavy atom. The fourth-order valence-corrected chi connectivity index (χ4v) is 2.38. The molecule has 4 nitrogen and oxygen atoms in total. The van der Waals surface area contributed by atoms with E-state index in [1.807, 2.05) is 35.1 Å². The van der Waals surface area contributed by atoms with E-state index in [0.29, 0.717) is 12.5 Å². The lowest BCUT2D eigenvalue weighted by Crippen LogP contribution is -2.02. The summed E-state index contributed by atoms with van der Waals surface area (Å²) in [6.45, 7) is 2.88. The van der Waals surface area contributed by atoms with Crippen molar-refractivity contribution < 1.29 is 0 Å². The van der Waals surface area contributed by atoms with Crippen LogP contribution in [0.3, 0.4) is 0 Å². The molecule has 2 aromatic heterocycles. The molecule has 3 rings (SSSR count). The Balaban J connectivity index is 1.65. The number of pyridine rings is 1. The molecule has 0 bridgehead atoms. The van der Waals surface area contributed by atoms with Crippen molar-refractivity contribution in [2.45, 2.75) is 25.8 Å². The summed E-state index contributed by atoms with van der Waals surface area (Å²) in [5.41, 5.74) is 3.34. The summed E-state index contributed by atoms with van der Waals surface area (Å²) in [7, 11) is 0. The van der Waals surface area contributed by atoms with E-state index in [4.69, 9.17) is 0 Å². The molecule has 0 radical (unpaired) electrons. The molecule has 0 amide bonds. The van der Waals surface area contributed by atoms with E-state index in [1.165, 1.54) is 5.56 Å². The Hall–Kier alpha value is -2.49. The number of rotatable bonds is 5. The summed E-state index contributed by atoms with van der Waals surface area (Å²) in [6, 6.07) is 16.4. The standard InChI is InChI=1S/C17H18N4/c1-14(15-7-3-2-4-8-15)11-17-13-21(20-19-17)12-16-9-5-6-10-18-16/h2-10,13-14H,11-12H2,1H3/t14-/m0/s1. The Morgan fingerprint density at radius 2 is 1.81 bits per heavy atom. The quantitative estimate of drug-likeness (QED) is 0.720. The predicted molar refractivity (Wildman–Crippen MR) is 81.9 cm³/mol. The van der Waals surface area contributed by atoms with Crippen LogP contribution in [-0.2, 0) is 13.0 Å². The van der Waals surface area contributed by atoms with Gasteiger partial charge in [0.25, 0.3) is 0 Å². The largest absolute Gasteiger partial charge is 0.259 e. The highest BCUT2D eigenvalue weighted by Gasteiger charge is 2.09. The summed E-state index contributed by atoms with van der Waals surface area (Å²) in [6.07, 6.45) is 4.70. The first-order valence-corrected chi connectivity index (χ1v) is 7.15. The van der Waals surface area contributed by atoms with Gasteiger partial charge in [0.2, 0.25) is 0 Å². The van der Waals surface area contributed by atoms with Gasteiger partial charge in [-0.25, -0.2) is 4.68 Å². The molecule has 0 saturated carbocycles. The van der Waals surface area contributed by atoms with Crippen LogP contribution in [0.15, 0.2) is 60.9 Å². The van der Waals surface area contributed by atoms with E-state index < -0.39 is 0 Å². The molecule has 21 heavy (non-hydrogen) atoms. The molecule has 0 aliphatic rings. The summed E-state index contributed by atoms with van der Waals surface area (Å²) in [5.74, 6) is 0.436. The van der Waals surface area contributed by atoms with Crippen LogP contribution in [0, 0.1) is 0 Å². The van der Waals surface area contributed by atoms with Crippen molar-refractivity contribution in [1.82, 2.24) is 20.0 Å². The van der Waals surface area contributed by atoms with Crippen molar-refractivity contribution in [3.05, 3.63) is 77.9 Å². The van der Waals surface area contributed by atoms with Gasteiger partial charge in [0.05, 0.1) is 17.9 Å². The van der Waals surface area contributed by atoms with Gasteiger partial charge in [-0.1, -0.05) is 48.5 Å². The molecule has 1 aromatic carbocycles. The van der Waals surface area contributed by atoms with Crippen molar-refractivity contribution in [3.8, 4) is 0 Å². The topological polar surface area (TPSA) is 43.6 Å². The lowest BCUT2D eigenvalue weighted by Gasteiger charge is -2.09. The predicted octanol–water partition coefficient (Wildman–Crippen LogP) is 3.07. The van der Waals surface area contributed by atoms with Gasteiger partial charge >= 0.3 is 0 Å². The molecular formula is C17H18N4. The van der Waals surface area contributed by atoms with Gasteiger partial charge in [-0.3, -0.25) is 4.98 Å². The maximum Gasteiger partial charge on any atom is 0.0849 e. The van der Waals surface area contributed by atoms with Crippen LogP contribution in [0.25, 0.3) is 0 Å². The van der Waals surface area contributed by atoms with Gasteiger partial charge in [0, 0.05) is 12.4 Å². The fraction of sp³-hybridized carbons (Fsp3) is 0.235. The summed E-state index contributed by atoms with van der Waals surface area (Å²) < 4.78 is 1.84. The number of hydrogen-bond acceptors (Lipinski definition) is 3. The van der Waals surface area contributed by atoms with Crippen molar-refractivity contribution in [2.75, 3.05) is 0 Å². The smallest absolute Gasteiger partial charge is 0.0849 e. The van der Waals surface area contributed by atoms with Gasteiger partial charge in [-0.05, 0) is 30.0 Å². The summed E-state index contributed by atoms with van der Waals surface area (Å²) in [5, 5.41) is 8.45. The molecule has 0 N–H and O–H groups in total. The van der Waals surface area contributed by atoms with Gasteiger partial charge in [-0.15, -0.1) is 5.10 Å². The molecule has 0 unspecified atom stereocenters. The monoisotopic (exact) mass is 278 g/mol. The van der Waals surface area contributed by atoms with Crippen LogP contribution in [0.5, 0.6) is 0 Å². The maximum atomic E-state index is 4.30. The first-order chi connectivity index (χ1) is 10.3. The average Bonchev–Trinajstić information content (AvgIpc) is 2.96. The lowest BCUT2D eigenvalue weighted by molar-refractivity contribution is 0.638. The highest BCUT2D eigenvalue weighted by Crippen LogP contribution is 2.18. The molecule has 0 spiro atoms. The third kappa shape index (κ3) is 3.54. The van der Waals surface area contributed by atoms with Crippen LogP contribution < -0.4 is 0 Å². The van der Waals surface area contributed by atoms with Crippen molar-refractivity contribution >= 4 is 0 Å². The van der Waals surface area contributed by atoms with Crippen LogP contribution in [-0.4, -0.2) is 20.0 Å². The number of benzene rings is 1. The molecule has 3 aromatic rings. The van der Waals surface area contributed by atoms with Crippen molar-refractivity contribution in [1.29, 1.82) is 0 Å². The molecule has 0 aliphatic heterocycles. The third-order valence-corrected chi connectivity index (χ3v) is 3.52.